The van der Waals surface area contributed by atoms with E-state index in [0.717, 1.165) is 6.04 Å². The third kappa shape index (κ3) is 1.69. The Morgan fingerprint density at radius 2 is 1.93 bits per heavy atom. The van der Waals surface area contributed by atoms with E-state index in [1.54, 1.807) is 0 Å². The van der Waals surface area contributed by atoms with Gasteiger partial charge in [-0.3, -0.25) is 4.90 Å². The van der Waals surface area contributed by atoms with Crippen molar-refractivity contribution in [2.75, 3.05) is 7.05 Å². The van der Waals surface area contributed by atoms with Crippen LogP contribution in [0.2, 0.25) is 0 Å². The van der Waals surface area contributed by atoms with E-state index in [1.165, 1.54) is 24.8 Å². The van der Waals surface area contributed by atoms with Crippen LogP contribution in [0, 0.1) is 0 Å². The van der Waals surface area contributed by atoms with Gasteiger partial charge in [-0.25, -0.2) is 0 Å². The zero-order valence-corrected chi connectivity index (χ0v) is 9.11. The predicted octanol–water partition coefficient (Wildman–Crippen LogP) is 3.23. The Kier molecular flexibility index (Phi) is 2.87. The van der Waals surface area contributed by atoms with Gasteiger partial charge in [-0.15, -0.1) is 0 Å². The van der Waals surface area contributed by atoms with Gasteiger partial charge in [-0.1, -0.05) is 37.3 Å². The van der Waals surface area contributed by atoms with Crippen LogP contribution in [0.3, 0.4) is 0 Å². The van der Waals surface area contributed by atoms with E-state index in [0.29, 0.717) is 6.04 Å². The van der Waals surface area contributed by atoms with Gasteiger partial charge in [0.25, 0.3) is 0 Å². The van der Waals surface area contributed by atoms with E-state index in [-0.39, 0.29) is 0 Å². The Hall–Kier alpha value is -0.820. The highest BCUT2D eigenvalue weighted by molar-refractivity contribution is 5.20. The van der Waals surface area contributed by atoms with E-state index < -0.39 is 0 Å². The number of rotatable bonds is 2. The van der Waals surface area contributed by atoms with Crippen LogP contribution in [0.25, 0.3) is 0 Å². The Morgan fingerprint density at radius 3 is 2.50 bits per heavy atom. The Labute approximate surface area is 86.7 Å². The molecule has 0 unspecified atom stereocenters. The first-order chi connectivity index (χ1) is 6.83. The highest BCUT2D eigenvalue weighted by atomic mass is 15.2. The molecule has 1 aliphatic heterocycles. The Bertz CT molecular complexity index is 281. The van der Waals surface area contributed by atoms with Gasteiger partial charge in [-0.2, -0.15) is 0 Å². The minimum Gasteiger partial charge on any atom is -0.296 e. The molecule has 0 aliphatic carbocycles. The van der Waals surface area contributed by atoms with Crippen molar-refractivity contribution < 1.29 is 0 Å². The molecule has 1 saturated heterocycles. The third-order valence-corrected chi connectivity index (χ3v) is 3.50. The molecule has 0 aromatic heterocycles. The standard InChI is InChI=1S/C13H19N/c1-3-12-9-10-13(14(12)2)11-7-5-4-6-8-11/h4-8,12-13H,3,9-10H2,1-2H3/t12-,13+/m1/s1. The van der Waals surface area contributed by atoms with Gasteiger partial charge < -0.3 is 0 Å². The molecule has 1 aliphatic rings. The molecule has 1 aromatic carbocycles. The number of likely N-dealkylation sites (tertiary alicyclic amines) is 1. The second-order valence-electron chi connectivity index (χ2n) is 4.23. The third-order valence-electron chi connectivity index (χ3n) is 3.50. The highest BCUT2D eigenvalue weighted by Gasteiger charge is 2.29. The molecule has 1 fully saturated rings. The summed E-state index contributed by atoms with van der Waals surface area (Å²) in [5.41, 5.74) is 1.48. The Morgan fingerprint density at radius 1 is 1.21 bits per heavy atom. The van der Waals surface area contributed by atoms with Crippen molar-refractivity contribution in [1.29, 1.82) is 0 Å². The monoisotopic (exact) mass is 189 g/mol. The maximum Gasteiger partial charge on any atom is 0.0348 e. The van der Waals surface area contributed by atoms with E-state index >= 15 is 0 Å². The average Bonchev–Trinajstić information content (AvgIpc) is 2.61. The summed E-state index contributed by atoms with van der Waals surface area (Å²) in [4.78, 5) is 2.54. The fourth-order valence-electron chi connectivity index (χ4n) is 2.58. The van der Waals surface area contributed by atoms with Crippen molar-refractivity contribution >= 4 is 0 Å². The quantitative estimate of drug-likeness (QED) is 0.690. The number of nitrogens with zero attached hydrogens (tertiary/aromatic N) is 1. The normalized spacial score (nSPS) is 28.1. The van der Waals surface area contributed by atoms with Gasteiger partial charge in [0.05, 0.1) is 0 Å². The SMILES string of the molecule is CC[C@@H]1CC[C@@H](c2ccccc2)N1C. The largest absolute Gasteiger partial charge is 0.296 e. The van der Waals surface area contributed by atoms with Crippen molar-refractivity contribution in [1.82, 2.24) is 4.90 Å². The summed E-state index contributed by atoms with van der Waals surface area (Å²) in [5.74, 6) is 0. The minimum absolute atomic E-state index is 0.654. The van der Waals surface area contributed by atoms with Crippen LogP contribution in [0.15, 0.2) is 30.3 Å². The molecule has 14 heavy (non-hydrogen) atoms. The second kappa shape index (κ2) is 4.14. The lowest BCUT2D eigenvalue weighted by Gasteiger charge is -2.25. The number of hydrogen-bond acceptors (Lipinski definition) is 1. The molecule has 0 bridgehead atoms. The second-order valence-corrected chi connectivity index (χ2v) is 4.23. The number of benzene rings is 1. The average molecular weight is 189 g/mol. The van der Waals surface area contributed by atoms with Crippen molar-refractivity contribution in [2.24, 2.45) is 0 Å². The zero-order valence-electron chi connectivity index (χ0n) is 9.11. The first-order valence-corrected chi connectivity index (χ1v) is 5.59. The lowest BCUT2D eigenvalue weighted by molar-refractivity contribution is 0.238. The van der Waals surface area contributed by atoms with Crippen LogP contribution in [0.5, 0.6) is 0 Å². The van der Waals surface area contributed by atoms with Gasteiger partial charge in [0.1, 0.15) is 0 Å². The highest BCUT2D eigenvalue weighted by Crippen LogP contribution is 2.35. The zero-order chi connectivity index (χ0) is 9.97. The van der Waals surface area contributed by atoms with Gasteiger partial charge in [-0.05, 0) is 31.9 Å². The summed E-state index contributed by atoms with van der Waals surface area (Å²) in [5, 5.41) is 0. The molecule has 1 heteroatoms. The maximum absolute atomic E-state index is 2.54. The molecule has 1 heterocycles. The Balaban J connectivity index is 2.14. The van der Waals surface area contributed by atoms with Gasteiger partial charge >= 0.3 is 0 Å². The summed E-state index contributed by atoms with van der Waals surface area (Å²) >= 11 is 0. The fourth-order valence-corrected chi connectivity index (χ4v) is 2.58. The summed E-state index contributed by atoms with van der Waals surface area (Å²) in [6.07, 6.45) is 3.95. The molecular formula is C13H19N. The summed E-state index contributed by atoms with van der Waals surface area (Å²) in [6.45, 7) is 2.29. The molecule has 0 spiro atoms. The van der Waals surface area contributed by atoms with Crippen molar-refractivity contribution in [3.05, 3.63) is 35.9 Å². The van der Waals surface area contributed by atoms with Crippen LogP contribution < -0.4 is 0 Å². The summed E-state index contributed by atoms with van der Waals surface area (Å²) < 4.78 is 0. The first kappa shape index (κ1) is 9.72. The van der Waals surface area contributed by atoms with Crippen molar-refractivity contribution in [3.63, 3.8) is 0 Å². The lowest BCUT2D eigenvalue weighted by atomic mass is 10.1. The van der Waals surface area contributed by atoms with E-state index in [1.807, 2.05) is 0 Å². The molecule has 2 atom stereocenters. The van der Waals surface area contributed by atoms with E-state index in [9.17, 15) is 0 Å². The van der Waals surface area contributed by atoms with E-state index in [4.69, 9.17) is 0 Å². The summed E-state index contributed by atoms with van der Waals surface area (Å²) in [7, 11) is 2.26. The van der Waals surface area contributed by atoms with Gasteiger partial charge in [0.2, 0.25) is 0 Å². The van der Waals surface area contributed by atoms with Crippen molar-refractivity contribution in [2.45, 2.75) is 38.3 Å². The molecule has 0 amide bonds. The smallest absolute Gasteiger partial charge is 0.0348 e. The minimum atomic E-state index is 0.654. The van der Waals surface area contributed by atoms with Crippen LogP contribution in [0.1, 0.15) is 37.8 Å². The molecule has 1 aromatic rings. The molecular weight excluding hydrogens is 170 g/mol. The van der Waals surface area contributed by atoms with E-state index in [2.05, 4.69) is 49.2 Å². The molecule has 0 saturated carbocycles. The molecule has 2 rings (SSSR count). The van der Waals surface area contributed by atoms with Gasteiger partial charge in [0.15, 0.2) is 0 Å². The van der Waals surface area contributed by atoms with Crippen LogP contribution in [-0.2, 0) is 0 Å². The topological polar surface area (TPSA) is 3.24 Å². The van der Waals surface area contributed by atoms with Gasteiger partial charge in [0, 0.05) is 12.1 Å². The van der Waals surface area contributed by atoms with Crippen LogP contribution >= 0.6 is 0 Å². The van der Waals surface area contributed by atoms with Crippen molar-refractivity contribution in [3.8, 4) is 0 Å². The van der Waals surface area contributed by atoms with Crippen LogP contribution in [0.4, 0.5) is 0 Å². The molecule has 0 N–H and O–H groups in total. The lowest BCUT2D eigenvalue weighted by Crippen LogP contribution is -2.26. The summed E-state index contributed by atoms with van der Waals surface area (Å²) in [6, 6.07) is 12.3. The van der Waals surface area contributed by atoms with Crippen LogP contribution in [-0.4, -0.2) is 18.0 Å². The fraction of sp³-hybridized carbons (Fsp3) is 0.538. The maximum atomic E-state index is 2.54. The molecule has 0 radical (unpaired) electrons. The molecule has 1 nitrogen and oxygen atoms in total. The predicted molar refractivity (Wildman–Crippen MR) is 60.3 cm³/mol. The number of hydrogen-bond donors (Lipinski definition) is 0. The first-order valence-electron chi connectivity index (χ1n) is 5.59. The molecule has 76 valence electrons.